The number of para-hydroxylation sites is 1. The molecule has 0 bridgehead atoms. The maximum absolute atomic E-state index is 12.4. The van der Waals surface area contributed by atoms with E-state index in [1.54, 1.807) is 24.3 Å². The second-order valence-corrected chi connectivity index (χ2v) is 6.82. The van der Waals surface area contributed by atoms with Crippen molar-refractivity contribution in [2.45, 2.75) is 19.3 Å². The summed E-state index contributed by atoms with van der Waals surface area (Å²) in [4.78, 5) is 26.9. The molecule has 1 aliphatic rings. The lowest BCUT2D eigenvalue weighted by atomic mass is 10.1. The third-order valence-electron chi connectivity index (χ3n) is 4.95. The van der Waals surface area contributed by atoms with Crippen LogP contribution in [-0.2, 0) is 0 Å². The van der Waals surface area contributed by atoms with Gasteiger partial charge in [-0.05, 0) is 55.2 Å². The van der Waals surface area contributed by atoms with Gasteiger partial charge in [-0.1, -0.05) is 36.4 Å². The molecule has 1 saturated heterocycles. The molecule has 0 atom stereocenters. The van der Waals surface area contributed by atoms with Gasteiger partial charge in [0.1, 0.15) is 11.1 Å². The molecule has 0 aliphatic carbocycles. The molecule has 1 aliphatic heterocycles. The summed E-state index contributed by atoms with van der Waals surface area (Å²) in [5.41, 5.74) is 2.07. The van der Waals surface area contributed by atoms with Gasteiger partial charge in [-0.15, -0.1) is 0 Å². The number of hydrogen-bond donors (Lipinski definition) is 0. The average Bonchev–Trinajstić information content (AvgIpc) is 2.72. The van der Waals surface area contributed by atoms with Gasteiger partial charge in [0.25, 0.3) is 0 Å². The zero-order valence-corrected chi connectivity index (χ0v) is 15.1. The van der Waals surface area contributed by atoms with E-state index in [0.717, 1.165) is 24.0 Å². The molecule has 0 spiro atoms. The highest BCUT2D eigenvalue weighted by Gasteiger charge is 2.12. The Bertz CT molecular complexity index is 1040. The van der Waals surface area contributed by atoms with Gasteiger partial charge in [-0.3, -0.25) is 4.79 Å². The zero-order chi connectivity index (χ0) is 18.6. The van der Waals surface area contributed by atoms with Gasteiger partial charge in [0.15, 0.2) is 5.78 Å². The predicted molar refractivity (Wildman–Crippen MR) is 108 cm³/mol. The van der Waals surface area contributed by atoms with Gasteiger partial charge in [0.05, 0.1) is 0 Å². The number of hydrogen-bond acceptors (Lipinski definition) is 4. The van der Waals surface area contributed by atoms with Gasteiger partial charge in [-0.2, -0.15) is 0 Å². The SMILES string of the molecule is O=C(/C=C/c1ccc(N2CCCCC2)cc1)c1cc2ccccc2oc1=O. The van der Waals surface area contributed by atoms with Crippen molar-refractivity contribution in [2.75, 3.05) is 18.0 Å². The van der Waals surface area contributed by atoms with Crippen LogP contribution in [0.25, 0.3) is 17.0 Å². The lowest BCUT2D eigenvalue weighted by Gasteiger charge is -2.28. The molecule has 2 aromatic carbocycles. The summed E-state index contributed by atoms with van der Waals surface area (Å²) in [6.45, 7) is 2.21. The predicted octanol–water partition coefficient (Wildman–Crippen LogP) is 4.68. The number of rotatable bonds is 4. The van der Waals surface area contributed by atoms with Crippen LogP contribution in [0.3, 0.4) is 0 Å². The second-order valence-electron chi connectivity index (χ2n) is 6.82. The summed E-state index contributed by atoms with van der Waals surface area (Å²) >= 11 is 0. The molecule has 0 radical (unpaired) electrons. The number of benzene rings is 2. The first-order valence-electron chi connectivity index (χ1n) is 9.31. The highest BCUT2D eigenvalue weighted by atomic mass is 16.4. The summed E-state index contributed by atoms with van der Waals surface area (Å²) in [5, 5.41) is 0.736. The van der Waals surface area contributed by atoms with Gasteiger partial charge in [-0.25, -0.2) is 4.79 Å². The number of carbonyl (C=O) groups is 1. The third-order valence-corrected chi connectivity index (χ3v) is 4.95. The van der Waals surface area contributed by atoms with Crippen LogP contribution < -0.4 is 10.5 Å². The van der Waals surface area contributed by atoms with Crippen molar-refractivity contribution in [1.82, 2.24) is 0 Å². The summed E-state index contributed by atoms with van der Waals surface area (Å²) in [7, 11) is 0. The molecule has 3 aromatic rings. The molecule has 136 valence electrons. The number of allylic oxidation sites excluding steroid dienone is 1. The van der Waals surface area contributed by atoms with E-state index >= 15 is 0 Å². The number of nitrogens with zero attached hydrogens (tertiary/aromatic N) is 1. The van der Waals surface area contributed by atoms with Crippen LogP contribution in [0.1, 0.15) is 35.2 Å². The molecule has 2 heterocycles. The Labute approximate surface area is 157 Å². The van der Waals surface area contributed by atoms with E-state index < -0.39 is 5.63 Å². The minimum Gasteiger partial charge on any atom is -0.422 e. The molecule has 0 saturated carbocycles. The standard InChI is InChI=1S/C23H21NO3/c25-21(20-16-18-6-2-3-7-22(18)27-23(20)26)13-10-17-8-11-19(12-9-17)24-14-4-1-5-15-24/h2-3,6-13,16H,1,4-5,14-15H2/b13-10+. The van der Waals surface area contributed by atoms with E-state index in [0.29, 0.717) is 5.58 Å². The van der Waals surface area contributed by atoms with Crippen LogP contribution in [0.15, 0.2) is 69.9 Å². The Morgan fingerprint density at radius 3 is 2.48 bits per heavy atom. The summed E-state index contributed by atoms with van der Waals surface area (Å²) < 4.78 is 5.23. The van der Waals surface area contributed by atoms with Crippen molar-refractivity contribution in [2.24, 2.45) is 0 Å². The Balaban J connectivity index is 1.51. The van der Waals surface area contributed by atoms with Crippen molar-refractivity contribution < 1.29 is 9.21 Å². The number of fused-ring (bicyclic) bond motifs is 1. The molecule has 0 amide bonds. The highest BCUT2D eigenvalue weighted by Crippen LogP contribution is 2.20. The Morgan fingerprint density at radius 1 is 0.963 bits per heavy atom. The van der Waals surface area contributed by atoms with Crippen LogP contribution in [0.4, 0.5) is 5.69 Å². The molecule has 4 nitrogen and oxygen atoms in total. The van der Waals surface area contributed by atoms with Gasteiger partial charge < -0.3 is 9.32 Å². The van der Waals surface area contributed by atoms with E-state index in [4.69, 9.17) is 4.42 Å². The molecular weight excluding hydrogens is 338 g/mol. The van der Waals surface area contributed by atoms with Crippen LogP contribution in [0, 0.1) is 0 Å². The Morgan fingerprint density at radius 2 is 1.70 bits per heavy atom. The number of piperidine rings is 1. The van der Waals surface area contributed by atoms with Crippen molar-refractivity contribution in [3.8, 4) is 0 Å². The topological polar surface area (TPSA) is 50.5 Å². The van der Waals surface area contributed by atoms with Crippen LogP contribution in [-0.4, -0.2) is 18.9 Å². The van der Waals surface area contributed by atoms with E-state index in [9.17, 15) is 9.59 Å². The lowest BCUT2D eigenvalue weighted by Crippen LogP contribution is -2.29. The molecular formula is C23H21NO3. The maximum Gasteiger partial charge on any atom is 0.347 e. The smallest absolute Gasteiger partial charge is 0.347 e. The minimum atomic E-state index is -0.608. The fraction of sp³-hybridized carbons (Fsp3) is 0.217. The normalized spacial score (nSPS) is 14.7. The van der Waals surface area contributed by atoms with E-state index in [1.165, 1.54) is 31.0 Å². The molecule has 1 fully saturated rings. The summed E-state index contributed by atoms with van der Waals surface area (Å²) in [6.07, 6.45) is 6.95. The molecule has 4 heteroatoms. The Kier molecular flexibility index (Phi) is 4.88. The van der Waals surface area contributed by atoms with Gasteiger partial charge >= 0.3 is 5.63 Å². The second kappa shape index (κ2) is 7.62. The van der Waals surface area contributed by atoms with E-state index in [1.807, 2.05) is 24.3 Å². The first-order valence-corrected chi connectivity index (χ1v) is 9.31. The first-order chi connectivity index (χ1) is 13.2. The molecule has 1 aromatic heterocycles. The quantitative estimate of drug-likeness (QED) is 0.386. The van der Waals surface area contributed by atoms with Crippen LogP contribution >= 0.6 is 0 Å². The minimum absolute atomic E-state index is 0.0508. The molecule has 0 unspecified atom stereocenters. The van der Waals surface area contributed by atoms with E-state index in [2.05, 4.69) is 17.0 Å². The van der Waals surface area contributed by atoms with Gasteiger partial charge in [0.2, 0.25) is 0 Å². The molecule has 0 N–H and O–H groups in total. The largest absolute Gasteiger partial charge is 0.422 e. The molecule has 27 heavy (non-hydrogen) atoms. The Hall–Kier alpha value is -3.14. The number of carbonyl (C=O) groups excluding carboxylic acids is 1. The fourth-order valence-corrected chi connectivity index (χ4v) is 3.44. The highest BCUT2D eigenvalue weighted by molar-refractivity contribution is 6.07. The van der Waals surface area contributed by atoms with Gasteiger partial charge in [0, 0.05) is 24.2 Å². The fourth-order valence-electron chi connectivity index (χ4n) is 3.44. The van der Waals surface area contributed by atoms with Crippen LogP contribution in [0.5, 0.6) is 0 Å². The number of anilines is 1. The summed E-state index contributed by atoms with van der Waals surface area (Å²) in [5.74, 6) is -0.352. The third kappa shape index (κ3) is 3.85. The van der Waals surface area contributed by atoms with Crippen molar-refractivity contribution >= 4 is 28.5 Å². The maximum atomic E-state index is 12.4. The van der Waals surface area contributed by atoms with Crippen molar-refractivity contribution in [1.29, 1.82) is 0 Å². The van der Waals surface area contributed by atoms with Crippen molar-refractivity contribution in [3.05, 3.63) is 82.2 Å². The van der Waals surface area contributed by atoms with Crippen molar-refractivity contribution in [3.63, 3.8) is 0 Å². The summed E-state index contributed by atoms with van der Waals surface area (Å²) in [6, 6.07) is 16.9. The average molecular weight is 359 g/mol. The zero-order valence-electron chi connectivity index (χ0n) is 15.1. The number of ketones is 1. The van der Waals surface area contributed by atoms with E-state index in [-0.39, 0.29) is 11.3 Å². The first kappa shape index (κ1) is 17.3. The molecule has 4 rings (SSSR count). The monoisotopic (exact) mass is 359 g/mol. The lowest BCUT2D eigenvalue weighted by molar-refractivity contribution is 0.104. The van der Waals surface area contributed by atoms with Crippen LogP contribution in [0.2, 0.25) is 0 Å².